The molecule has 1 aliphatic heterocycles. The van der Waals surface area contributed by atoms with Crippen LogP contribution in [0, 0.1) is 12.8 Å². The average Bonchev–Trinajstić information content (AvgIpc) is 2.75. The number of ether oxygens (including phenoxy) is 1. The highest BCUT2D eigenvalue weighted by molar-refractivity contribution is 14.0. The molecule has 1 aromatic carbocycles. The zero-order chi connectivity index (χ0) is 22.0. The molecular weight excluding hydrogens is 527 g/mol. The van der Waals surface area contributed by atoms with Gasteiger partial charge in [-0.1, -0.05) is 29.8 Å². The summed E-state index contributed by atoms with van der Waals surface area (Å²) in [6, 6.07) is 8.59. The van der Waals surface area contributed by atoms with Crippen LogP contribution in [0.15, 0.2) is 29.3 Å². The molecule has 0 saturated carbocycles. The summed E-state index contributed by atoms with van der Waals surface area (Å²) in [6.07, 6.45) is 2.96. The van der Waals surface area contributed by atoms with Crippen LogP contribution < -0.4 is 10.6 Å². The van der Waals surface area contributed by atoms with E-state index in [9.17, 15) is 8.42 Å². The minimum atomic E-state index is -3.12. The molecule has 2 rings (SSSR count). The fraction of sp³-hybridized carbons (Fsp3) is 0.682. The van der Waals surface area contributed by atoms with Gasteiger partial charge in [0, 0.05) is 45.8 Å². The molecule has 1 aliphatic rings. The van der Waals surface area contributed by atoms with Gasteiger partial charge in [-0.05, 0) is 45.6 Å². The van der Waals surface area contributed by atoms with Crippen LogP contribution >= 0.6 is 24.0 Å². The van der Waals surface area contributed by atoms with Crippen molar-refractivity contribution in [3.05, 3.63) is 35.4 Å². The molecule has 1 aromatic rings. The summed E-state index contributed by atoms with van der Waals surface area (Å²) in [6.45, 7) is 9.22. The van der Waals surface area contributed by atoms with Crippen LogP contribution in [0.25, 0.3) is 0 Å². The summed E-state index contributed by atoms with van der Waals surface area (Å²) >= 11 is 0. The van der Waals surface area contributed by atoms with E-state index in [0.717, 1.165) is 38.4 Å². The van der Waals surface area contributed by atoms with E-state index < -0.39 is 10.0 Å². The standard InChI is InChI=1S/C22H38N4O3S.HI/c1-5-23-22(24-14-8-15-26(4)30(27,28)6-2)25-17-20-9-7-16-29-21(20)19-12-10-18(3)11-13-19;/h10-13,20-21H,5-9,14-17H2,1-4H3,(H2,23,24,25);1H. The van der Waals surface area contributed by atoms with Crippen molar-refractivity contribution in [3.63, 3.8) is 0 Å². The number of hydrogen-bond acceptors (Lipinski definition) is 4. The summed E-state index contributed by atoms with van der Waals surface area (Å²) < 4.78 is 31.2. The molecule has 0 aliphatic carbocycles. The van der Waals surface area contributed by atoms with Crippen molar-refractivity contribution in [1.82, 2.24) is 14.9 Å². The SMILES string of the molecule is CCNC(=NCC1CCCOC1c1ccc(C)cc1)NCCCN(C)S(=O)(=O)CC.I. The Kier molecular flexibility index (Phi) is 13.0. The van der Waals surface area contributed by atoms with Crippen molar-refractivity contribution >= 4 is 40.0 Å². The topological polar surface area (TPSA) is 83.0 Å². The van der Waals surface area contributed by atoms with E-state index in [1.165, 1.54) is 15.4 Å². The molecular formula is C22H39IN4O3S. The van der Waals surface area contributed by atoms with Gasteiger partial charge >= 0.3 is 0 Å². The van der Waals surface area contributed by atoms with Gasteiger partial charge in [-0.3, -0.25) is 4.99 Å². The molecule has 0 radical (unpaired) electrons. The monoisotopic (exact) mass is 566 g/mol. The maximum Gasteiger partial charge on any atom is 0.213 e. The van der Waals surface area contributed by atoms with Crippen molar-refractivity contribution < 1.29 is 13.2 Å². The van der Waals surface area contributed by atoms with E-state index in [-0.39, 0.29) is 35.8 Å². The largest absolute Gasteiger partial charge is 0.373 e. The summed E-state index contributed by atoms with van der Waals surface area (Å²) in [5.74, 6) is 1.25. The third-order valence-electron chi connectivity index (χ3n) is 5.46. The number of nitrogens with one attached hydrogen (secondary N) is 2. The quantitative estimate of drug-likeness (QED) is 0.197. The summed E-state index contributed by atoms with van der Waals surface area (Å²) in [7, 11) is -1.49. The molecule has 0 spiro atoms. The normalized spacial score (nSPS) is 19.7. The van der Waals surface area contributed by atoms with Crippen LogP contribution in [0.4, 0.5) is 0 Å². The van der Waals surface area contributed by atoms with Gasteiger partial charge in [0.15, 0.2) is 5.96 Å². The molecule has 0 amide bonds. The second kappa shape index (κ2) is 14.3. The Bertz CT molecular complexity index is 771. The number of nitrogens with zero attached hydrogens (tertiary/aromatic N) is 2. The second-order valence-corrected chi connectivity index (χ2v) is 10.2. The van der Waals surface area contributed by atoms with Crippen LogP contribution in [0.5, 0.6) is 0 Å². The van der Waals surface area contributed by atoms with Crippen LogP contribution in [0.1, 0.15) is 50.3 Å². The van der Waals surface area contributed by atoms with Gasteiger partial charge in [-0.2, -0.15) is 0 Å². The van der Waals surface area contributed by atoms with Crippen molar-refractivity contribution in [1.29, 1.82) is 0 Å². The number of guanidine groups is 1. The molecule has 9 heteroatoms. The summed E-state index contributed by atoms with van der Waals surface area (Å²) in [5, 5.41) is 6.60. The molecule has 178 valence electrons. The third-order valence-corrected chi connectivity index (χ3v) is 7.32. The number of benzene rings is 1. The molecule has 7 nitrogen and oxygen atoms in total. The van der Waals surface area contributed by atoms with Gasteiger partial charge in [0.2, 0.25) is 10.0 Å². The molecule has 2 atom stereocenters. The summed E-state index contributed by atoms with van der Waals surface area (Å²) in [5.41, 5.74) is 2.47. The van der Waals surface area contributed by atoms with Crippen LogP contribution in [-0.2, 0) is 14.8 Å². The molecule has 1 saturated heterocycles. The lowest BCUT2D eigenvalue weighted by molar-refractivity contribution is -0.0250. The molecule has 0 bridgehead atoms. The second-order valence-electron chi connectivity index (χ2n) is 7.83. The molecule has 2 N–H and O–H groups in total. The van der Waals surface area contributed by atoms with E-state index >= 15 is 0 Å². The first kappa shape index (κ1) is 28.1. The van der Waals surface area contributed by atoms with E-state index in [2.05, 4.69) is 41.8 Å². The predicted molar refractivity (Wildman–Crippen MR) is 139 cm³/mol. The lowest BCUT2D eigenvalue weighted by Gasteiger charge is -2.31. The fourth-order valence-electron chi connectivity index (χ4n) is 3.57. The third kappa shape index (κ3) is 9.23. The zero-order valence-electron chi connectivity index (χ0n) is 19.3. The maximum atomic E-state index is 11.8. The van der Waals surface area contributed by atoms with Gasteiger partial charge in [-0.15, -0.1) is 24.0 Å². The van der Waals surface area contributed by atoms with Crippen LogP contribution in [-0.4, -0.2) is 64.3 Å². The van der Waals surface area contributed by atoms with Crippen molar-refractivity contribution in [3.8, 4) is 0 Å². The van der Waals surface area contributed by atoms with Crippen LogP contribution in [0.2, 0.25) is 0 Å². The smallest absolute Gasteiger partial charge is 0.213 e. The van der Waals surface area contributed by atoms with Crippen molar-refractivity contribution in [2.24, 2.45) is 10.9 Å². The van der Waals surface area contributed by atoms with E-state index in [1.54, 1.807) is 14.0 Å². The van der Waals surface area contributed by atoms with Gasteiger partial charge in [0.25, 0.3) is 0 Å². The highest BCUT2D eigenvalue weighted by Gasteiger charge is 2.27. The van der Waals surface area contributed by atoms with Crippen LogP contribution in [0.3, 0.4) is 0 Å². The molecule has 1 fully saturated rings. The first-order chi connectivity index (χ1) is 14.4. The minimum Gasteiger partial charge on any atom is -0.373 e. The number of sulfonamides is 1. The highest BCUT2D eigenvalue weighted by Crippen LogP contribution is 2.33. The zero-order valence-corrected chi connectivity index (χ0v) is 22.4. The first-order valence-electron chi connectivity index (χ1n) is 11.0. The predicted octanol–water partition coefficient (Wildman–Crippen LogP) is 3.31. The maximum absolute atomic E-state index is 11.8. The first-order valence-corrected chi connectivity index (χ1v) is 12.6. The van der Waals surface area contributed by atoms with Crippen molar-refractivity contribution in [2.45, 2.75) is 46.1 Å². The molecule has 0 aromatic heterocycles. The number of rotatable bonds is 10. The lowest BCUT2D eigenvalue weighted by atomic mass is 9.89. The number of aliphatic imine (C=N–C) groups is 1. The lowest BCUT2D eigenvalue weighted by Crippen LogP contribution is -2.39. The van der Waals surface area contributed by atoms with E-state index in [4.69, 9.17) is 9.73 Å². The van der Waals surface area contributed by atoms with Gasteiger partial charge in [0.05, 0.1) is 11.9 Å². The molecule has 1 heterocycles. The Morgan fingerprint density at radius 1 is 1.23 bits per heavy atom. The Hall–Kier alpha value is -0.910. The van der Waals surface area contributed by atoms with Gasteiger partial charge in [0.1, 0.15) is 0 Å². The highest BCUT2D eigenvalue weighted by atomic mass is 127. The molecule has 31 heavy (non-hydrogen) atoms. The van der Waals surface area contributed by atoms with E-state index in [1.807, 2.05) is 6.92 Å². The minimum absolute atomic E-state index is 0. The number of aryl methyl sites for hydroxylation is 1. The van der Waals surface area contributed by atoms with Gasteiger partial charge in [-0.25, -0.2) is 12.7 Å². The molecule has 2 unspecified atom stereocenters. The van der Waals surface area contributed by atoms with Crippen molar-refractivity contribution in [2.75, 3.05) is 45.6 Å². The Morgan fingerprint density at radius 2 is 1.94 bits per heavy atom. The Morgan fingerprint density at radius 3 is 2.58 bits per heavy atom. The Balaban J connectivity index is 0.00000480. The Labute approximate surface area is 205 Å². The number of halogens is 1. The summed E-state index contributed by atoms with van der Waals surface area (Å²) in [4.78, 5) is 4.79. The van der Waals surface area contributed by atoms with Gasteiger partial charge < -0.3 is 15.4 Å². The fourth-order valence-corrected chi connectivity index (χ4v) is 4.42. The van der Waals surface area contributed by atoms with E-state index in [0.29, 0.717) is 25.6 Å². The average molecular weight is 567 g/mol. The number of hydrogen-bond donors (Lipinski definition) is 2.